The third kappa shape index (κ3) is 5.04. The molecule has 0 atom stereocenters. The Morgan fingerprint density at radius 1 is 1.34 bits per heavy atom. The standard InChI is InChI=1S/C20H28N6O3/c1-20(2,3)29-19(27)25-9-6-15(7-10-25)28-18-17-5-8-23-26(17)13-16(24-18)14(11-21)12-22-4/h5,8,11-13,15H,6-7,9-10,21H2,1-4H3. The quantitative estimate of drug-likeness (QED) is 0.790. The lowest BCUT2D eigenvalue weighted by atomic mass is 10.1. The minimum Gasteiger partial charge on any atom is -0.473 e. The summed E-state index contributed by atoms with van der Waals surface area (Å²) in [7, 11) is 1.67. The van der Waals surface area contributed by atoms with Crippen molar-refractivity contribution < 1.29 is 14.3 Å². The van der Waals surface area contributed by atoms with Crippen molar-refractivity contribution in [1.29, 1.82) is 0 Å². The van der Waals surface area contributed by atoms with Gasteiger partial charge in [0.25, 0.3) is 0 Å². The first kappa shape index (κ1) is 20.6. The second-order valence-electron chi connectivity index (χ2n) is 7.89. The molecule has 9 heteroatoms. The van der Waals surface area contributed by atoms with Gasteiger partial charge in [-0.05, 0) is 26.8 Å². The highest BCUT2D eigenvalue weighted by atomic mass is 16.6. The highest BCUT2D eigenvalue weighted by molar-refractivity contribution is 6.08. The summed E-state index contributed by atoms with van der Waals surface area (Å²) in [4.78, 5) is 22.6. The molecule has 1 saturated heterocycles. The van der Waals surface area contributed by atoms with Gasteiger partial charge < -0.3 is 20.1 Å². The maximum absolute atomic E-state index is 12.2. The molecule has 9 nitrogen and oxygen atoms in total. The fourth-order valence-corrected chi connectivity index (χ4v) is 3.10. The van der Waals surface area contributed by atoms with Gasteiger partial charge in [-0.25, -0.2) is 14.3 Å². The first-order valence-corrected chi connectivity index (χ1v) is 9.64. The Morgan fingerprint density at radius 3 is 2.69 bits per heavy atom. The van der Waals surface area contributed by atoms with E-state index in [0.717, 1.165) is 5.52 Å². The molecule has 0 saturated carbocycles. The van der Waals surface area contributed by atoms with E-state index in [4.69, 9.17) is 15.2 Å². The maximum atomic E-state index is 12.2. The molecule has 3 rings (SSSR count). The maximum Gasteiger partial charge on any atom is 0.410 e. The highest BCUT2D eigenvalue weighted by Gasteiger charge is 2.28. The van der Waals surface area contributed by atoms with Gasteiger partial charge >= 0.3 is 6.09 Å². The fourth-order valence-electron chi connectivity index (χ4n) is 3.10. The molecule has 2 N–H and O–H groups in total. The molecule has 1 aliphatic heterocycles. The van der Waals surface area contributed by atoms with Crippen molar-refractivity contribution >= 4 is 23.4 Å². The van der Waals surface area contributed by atoms with E-state index < -0.39 is 5.60 Å². The second-order valence-corrected chi connectivity index (χ2v) is 7.89. The van der Waals surface area contributed by atoms with Crippen molar-refractivity contribution in [2.75, 3.05) is 20.1 Å². The van der Waals surface area contributed by atoms with Crippen LogP contribution in [0.15, 0.2) is 29.7 Å². The average Bonchev–Trinajstić information content (AvgIpc) is 3.14. The third-order valence-corrected chi connectivity index (χ3v) is 4.47. The summed E-state index contributed by atoms with van der Waals surface area (Å²) < 4.78 is 13.4. The summed E-state index contributed by atoms with van der Waals surface area (Å²) in [5, 5.41) is 4.29. The number of fused-ring (bicyclic) bond motifs is 1. The molecule has 0 aromatic carbocycles. The first-order valence-electron chi connectivity index (χ1n) is 9.64. The van der Waals surface area contributed by atoms with Gasteiger partial charge in [0.1, 0.15) is 17.2 Å². The third-order valence-electron chi connectivity index (χ3n) is 4.47. The number of hydrogen-bond donors (Lipinski definition) is 1. The zero-order valence-electron chi connectivity index (χ0n) is 17.3. The molecule has 2 aromatic rings. The van der Waals surface area contributed by atoms with Gasteiger partial charge in [0.15, 0.2) is 0 Å². The van der Waals surface area contributed by atoms with Crippen molar-refractivity contribution in [3.8, 4) is 5.88 Å². The van der Waals surface area contributed by atoms with Crippen molar-refractivity contribution in [3.05, 3.63) is 30.4 Å². The summed E-state index contributed by atoms with van der Waals surface area (Å²) in [5.41, 5.74) is 7.28. The largest absolute Gasteiger partial charge is 0.473 e. The number of amides is 1. The van der Waals surface area contributed by atoms with Gasteiger partial charge in [-0.2, -0.15) is 5.10 Å². The van der Waals surface area contributed by atoms with Gasteiger partial charge in [-0.1, -0.05) is 0 Å². The number of rotatable bonds is 4. The van der Waals surface area contributed by atoms with Crippen LogP contribution in [0.2, 0.25) is 0 Å². The van der Waals surface area contributed by atoms with Gasteiger partial charge in [0, 0.05) is 51.0 Å². The van der Waals surface area contributed by atoms with Crippen LogP contribution < -0.4 is 10.5 Å². The van der Waals surface area contributed by atoms with Crippen molar-refractivity contribution in [3.63, 3.8) is 0 Å². The normalized spacial score (nSPS) is 16.6. The van der Waals surface area contributed by atoms with Crippen molar-refractivity contribution in [2.45, 2.75) is 45.3 Å². The Morgan fingerprint density at radius 2 is 2.07 bits per heavy atom. The molecule has 2 aromatic heterocycles. The van der Waals surface area contributed by atoms with Gasteiger partial charge in [-0.15, -0.1) is 0 Å². The van der Waals surface area contributed by atoms with Crippen LogP contribution in [0.4, 0.5) is 4.79 Å². The van der Waals surface area contributed by atoms with Crippen LogP contribution in [0, 0.1) is 0 Å². The number of aliphatic imine (C=N–C) groups is 1. The van der Waals surface area contributed by atoms with Gasteiger partial charge in [0.2, 0.25) is 5.88 Å². The lowest BCUT2D eigenvalue weighted by Gasteiger charge is -2.33. The Bertz CT molecular complexity index is 920. The minimum atomic E-state index is -0.502. The molecule has 1 amide bonds. The molecule has 0 unspecified atom stereocenters. The molecule has 0 spiro atoms. The number of carbonyl (C=O) groups is 1. The molecular weight excluding hydrogens is 372 g/mol. The summed E-state index contributed by atoms with van der Waals surface area (Å²) in [5.74, 6) is 0.486. The van der Waals surface area contributed by atoms with Crippen molar-refractivity contribution in [1.82, 2.24) is 19.5 Å². The van der Waals surface area contributed by atoms with Crippen LogP contribution in [0.1, 0.15) is 39.3 Å². The number of aromatic nitrogens is 3. The Labute approximate surface area is 170 Å². The number of carbonyl (C=O) groups excluding carboxylic acids is 1. The first-order chi connectivity index (χ1) is 13.8. The van der Waals surface area contributed by atoms with E-state index in [0.29, 0.717) is 43.1 Å². The summed E-state index contributed by atoms with van der Waals surface area (Å²) in [6, 6.07) is 1.85. The monoisotopic (exact) mass is 400 g/mol. The Hall–Kier alpha value is -3.10. The summed E-state index contributed by atoms with van der Waals surface area (Å²) >= 11 is 0. The lowest BCUT2D eigenvalue weighted by molar-refractivity contribution is 0.0124. The zero-order chi connectivity index (χ0) is 21.0. The van der Waals surface area contributed by atoms with Crippen molar-refractivity contribution in [2.24, 2.45) is 10.7 Å². The van der Waals surface area contributed by atoms with Crippen LogP contribution in [0.25, 0.3) is 11.1 Å². The number of allylic oxidation sites excluding steroid dienone is 1. The molecule has 29 heavy (non-hydrogen) atoms. The molecule has 3 heterocycles. The number of piperidine rings is 1. The fraction of sp³-hybridized carbons (Fsp3) is 0.500. The Balaban J connectivity index is 1.73. The smallest absolute Gasteiger partial charge is 0.410 e. The number of hydrogen-bond acceptors (Lipinski definition) is 7. The minimum absolute atomic E-state index is 0.0553. The number of nitrogens with zero attached hydrogens (tertiary/aromatic N) is 5. The number of nitrogens with two attached hydrogens (primary N) is 1. The topological polar surface area (TPSA) is 107 Å². The zero-order valence-corrected chi connectivity index (χ0v) is 17.3. The molecule has 1 aliphatic rings. The molecule has 156 valence electrons. The second kappa shape index (κ2) is 8.50. The van der Waals surface area contributed by atoms with Gasteiger partial charge in [0.05, 0.1) is 18.1 Å². The molecule has 0 aliphatic carbocycles. The van der Waals surface area contributed by atoms with E-state index in [1.807, 2.05) is 26.8 Å². The number of likely N-dealkylation sites (tertiary alicyclic amines) is 1. The van der Waals surface area contributed by atoms with Crippen LogP contribution in [0.5, 0.6) is 5.88 Å². The van der Waals surface area contributed by atoms with Crippen LogP contribution in [0.3, 0.4) is 0 Å². The molecule has 0 radical (unpaired) electrons. The van der Waals surface area contributed by atoms with E-state index in [-0.39, 0.29) is 12.2 Å². The number of ether oxygens (including phenoxy) is 2. The molecule has 0 bridgehead atoms. The highest BCUT2D eigenvalue weighted by Crippen LogP contribution is 2.25. The lowest BCUT2D eigenvalue weighted by Crippen LogP contribution is -2.44. The van der Waals surface area contributed by atoms with Crippen LogP contribution >= 0.6 is 0 Å². The van der Waals surface area contributed by atoms with E-state index in [1.165, 1.54) is 6.20 Å². The molecule has 1 fully saturated rings. The SMILES string of the molecule is CN=CC(=CN)c1cn2nccc2c(OC2CCN(C(=O)OC(C)(C)C)CC2)n1. The Kier molecular flexibility index (Phi) is 6.05. The van der Waals surface area contributed by atoms with Crippen LogP contribution in [-0.4, -0.2) is 63.6 Å². The van der Waals surface area contributed by atoms with E-state index in [2.05, 4.69) is 15.1 Å². The average molecular weight is 400 g/mol. The van der Waals surface area contributed by atoms with Gasteiger partial charge in [-0.3, -0.25) is 4.99 Å². The predicted molar refractivity (Wildman–Crippen MR) is 111 cm³/mol. The van der Waals surface area contributed by atoms with Crippen LogP contribution in [-0.2, 0) is 4.74 Å². The molecular formula is C20H28N6O3. The van der Waals surface area contributed by atoms with E-state index in [1.54, 1.807) is 35.1 Å². The van der Waals surface area contributed by atoms with E-state index >= 15 is 0 Å². The summed E-state index contributed by atoms with van der Waals surface area (Å²) in [6.07, 6.45) is 7.62. The summed E-state index contributed by atoms with van der Waals surface area (Å²) in [6.45, 7) is 6.74. The predicted octanol–water partition coefficient (Wildman–Crippen LogP) is 2.51. The van der Waals surface area contributed by atoms with E-state index in [9.17, 15) is 4.79 Å².